The largest absolute Gasteiger partial charge is 0.497 e. The standard InChI is InChI=1S/C16H26N2O/c1-5-13-10-16(19-4)7-6-14(13)11-18-9-8-15(12-18)17(2)3/h6-7,10,15H,5,8-9,11-12H2,1-4H3. The Balaban J connectivity index is 2.03. The zero-order valence-corrected chi connectivity index (χ0v) is 12.6. The predicted molar refractivity (Wildman–Crippen MR) is 79.7 cm³/mol. The zero-order valence-electron chi connectivity index (χ0n) is 12.6. The van der Waals surface area contributed by atoms with Gasteiger partial charge in [-0.05, 0) is 50.2 Å². The fourth-order valence-electron chi connectivity index (χ4n) is 2.83. The minimum absolute atomic E-state index is 0.711. The van der Waals surface area contributed by atoms with Gasteiger partial charge in [-0.2, -0.15) is 0 Å². The van der Waals surface area contributed by atoms with Crippen molar-refractivity contribution in [2.45, 2.75) is 32.4 Å². The third-order valence-electron chi connectivity index (χ3n) is 4.17. The molecule has 1 unspecified atom stereocenters. The van der Waals surface area contributed by atoms with Crippen LogP contribution in [-0.4, -0.2) is 50.1 Å². The first-order valence-electron chi connectivity index (χ1n) is 7.18. The molecule has 1 aliphatic heterocycles. The van der Waals surface area contributed by atoms with E-state index in [-0.39, 0.29) is 0 Å². The van der Waals surface area contributed by atoms with Gasteiger partial charge >= 0.3 is 0 Å². The average molecular weight is 262 g/mol. The number of aryl methyl sites for hydroxylation is 1. The molecule has 3 heteroatoms. The van der Waals surface area contributed by atoms with E-state index < -0.39 is 0 Å². The molecule has 1 aliphatic rings. The number of methoxy groups -OCH3 is 1. The van der Waals surface area contributed by atoms with Crippen molar-refractivity contribution in [3.63, 3.8) is 0 Å². The number of benzene rings is 1. The molecule has 0 amide bonds. The summed E-state index contributed by atoms with van der Waals surface area (Å²) in [6, 6.07) is 7.19. The van der Waals surface area contributed by atoms with Crippen LogP contribution in [0.5, 0.6) is 5.75 Å². The molecule has 0 N–H and O–H groups in total. The lowest BCUT2D eigenvalue weighted by atomic mass is 10.0. The predicted octanol–water partition coefficient (Wildman–Crippen LogP) is 2.39. The highest BCUT2D eigenvalue weighted by atomic mass is 16.5. The van der Waals surface area contributed by atoms with Crippen molar-refractivity contribution < 1.29 is 4.74 Å². The maximum Gasteiger partial charge on any atom is 0.119 e. The van der Waals surface area contributed by atoms with E-state index in [0.717, 1.165) is 18.7 Å². The summed E-state index contributed by atoms with van der Waals surface area (Å²) in [5.41, 5.74) is 2.86. The topological polar surface area (TPSA) is 15.7 Å². The summed E-state index contributed by atoms with van der Waals surface area (Å²) in [7, 11) is 6.09. The highest BCUT2D eigenvalue weighted by molar-refractivity contribution is 5.35. The van der Waals surface area contributed by atoms with Crippen LogP contribution in [0, 0.1) is 0 Å². The van der Waals surface area contributed by atoms with Gasteiger partial charge in [-0.25, -0.2) is 0 Å². The second kappa shape index (κ2) is 6.40. The number of likely N-dealkylation sites (tertiary alicyclic amines) is 1. The first-order valence-corrected chi connectivity index (χ1v) is 7.18. The molecule has 1 atom stereocenters. The third-order valence-corrected chi connectivity index (χ3v) is 4.17. The van der Waals surface area contributed by atoms with Gasteiger partial charge in [-0.1, -0.05) is 13.0 Å². The van der Waals surface area contributed by atoms with Gasteiger partial charge in [0.2, 0.25) is 0 Å². The molecular formula is C16H26N2O. The van der Waals surface area contributed by atoms with Crippen LogP contribution in [0.25, 0.3) is 0 Å². The summed E-state index contributed by atoms with van der Waals surface area (Å²) >= 11 is 0. The molecule has 0 aliphatic carbocycles. The number of likely N-dealkylation sites (N-methyl/N-ethyl adjacent to an activating group) is 1. The SMILES string of the molecule is CCc1cc(OC)ccc1CN1CCC(N(C)C)C1. The quantitative estimate of drug-likeness (QED) is 0.810. The molecule has 1 fully saturated rings. The summed E-state index contributed by atoms with van der Waals surface area (Å²) < 4.78 is 5.31. The summed E-state index contributed by atoms with van der Waals surface area (Å²) in [5, 5.41) is 0. The number of hydrogen-bond acceptors (Lipinski definition) is 3. The average Bonchev–Trinajstić information content (AvgIpc) is 2.88. The van der Waals surface area contributed by atoms with Crippen molar-refractivity contribution in [2.24, 2.45) is 0 Å². The fraction of sp³-hybridized carbons (Fsp3) is 0.625. The molecule has 1 heterocycles. The Kier molecular flexibility index (Phi) is 4.83. The van der Waals surface area contributed by atoms with Crippen LogP contribution in [0.1, 0.15) is 24.5 Å². The van der Waals surface area contributed by atoms with E-state index in [2.05, 4.69) is 49.0 Å². The third kappa shape index (κ3) is 3.48. The molecule has 0 radical (unpaired) electrons. The molecule has 19 heavy (non-hydrogen) atoms. The first kappa shape index (κ1) is 14.4. The van der Waals surface area contributed by atoms with E-state index in [0.29, 0.717) is 6.04 Å². The minimum Gasteiger partial charge on any atom is -0.497 e. The van der Waals surface area contributed by atoms with Gasteiger partial charge in [0.25, 0.3) is 0 Å². The van der Waals surface area contributed by atoms with Gasteiger partial charge in [0.1, 0.15) is 5.75 Å². The molecule has 106 valence electrons. The smallest absolute Gasteiger partial charge is 0.119 e. The van der Waals surface area contributed by atoms with Crippen molar-refractivity contribution in [3.05, 3.63) is 29.3 Å². The highest BCUT2D eigenvalue weighted by Crippen LogP contribution is 2.22. The van der Waals surface area contributed by atoms with Crippen LogP contribution >= 0.6 is 0 Å². The van der Waals surface area contributed by atoms with E-state index in [1.165, 1.54) is 30.6 Å². The second-order valence-electron chi connectivity index (χ2n) is 5.63. The molecular weight excluding hydrogens is 236 g/mol. The van der Waals surface area contributed by atoms with Crippen molar-refractivity contribution in [3.8, 4) is 5.75 Å². The molecule has 1 aromatic carbocycles. The van der Waals surface area contributed by atoms with Crippen LogP contribution in [0.15, 0.2) is 18.2 Å². The number of rotatable bonds is 5. The molecule has 0 bridgehead atoms. The maximum atomic E-state index is 5.31. The number of nitrogens with zero attached hydrogens (tertiary/aromatic N) is 2. The first-order chi connectivity index (χ1) is 9.13. The van der Waals surface area contributed by atoms with Gasteiger partial charge in [0, 0.05) is 25.7 Å². The van der Waals surface area contributed by atoms with Crippen molar-refractivity contribution >= 4 is 0 Å². The van der Waals surface area contributed by atoms with E-state index in [9.17, 15) is 0 Å². The normalized spacial score (nSPS) is 20.2. The molecule has 1 aromatic rings. The Hall–Kier alpha value is -1.06. The van der Waals surface area contributed by atoms with Gasteiger partial charge in [-0.3, -0.25) is 4.90 Å². The molecule has 2 rings (SSSR count). The molecule has 3 nitrogen and oxygen atoms in total. The van der Waals surface area contributed by atoms with Gasteiger partial charge in [-0.15, -0.1) is 0 Å². The highest BCUT2D eigenvalue weighted by Gasteiger charge is 2.24. The Bertz CT molecular complexity index is 417. The van der Waals surface area contributed by atoms with E-state index >= 15 is 0 Å². The van der Waals surface area contributed by atoms with Crippen LogP contribution in [0.2, 0.25) is 0 Å². The van der Waals surface area contributed by atoms with Gasteiger partial charge in [0.05, 0.1) is 7.11 Å². The lowest BCUT2D eigenvalue weighted by Gasteiger charge is -2.21. The molecule has 0 spiro atoms. The molecule has 0 aromatic heterocycles. The maximum absolute atomic E-state index is 5.31. The van der Waals surface area contributed by atoms with E-state index in [1.54, 1.807) is 7.11 Å². The van der Waals surface area contributed by atoms with Crippen LogP contribution in [0.3, 0.4) is 0 Å². The van der Waals surface area contributed by atoms with Gasteiger partial charge < -0.3 is 9.64 Å². The van der Waals surface area contributed by atoms with Crippen molar-refractivity contribution in [1.82, 2.24) is 9.80 Å². The Morgan fingerprint density at radius 3 is 2.68 bits per heavy atom. The lowest BCUT2D eigenvalue weighted by Crippen LogP contribution is -2.31. The summed E-state index contributed by atoms with van der Waals surface area (Å²) in [6.07, 6.45) is 2.35. The Morgan fingerprint density at radius 2 is 2.11 bits per heavy atom. The summed E-state index contributed by atoms with van der Waals surface area (Å²) in [5.74, 6) is 0.966. The Labute approximate surface area is 117 Å². The van der Waals surface area contributed by atoms with Gasteiger partial charge in [0.15, 0.2) is 0 Å². The van der Waals surface area contributed by atoms with Crippen molar-refractivity contribution in [1.29, 1.82) is 0 Å². The molecule has 0 saturated carbocycles. The Morgan fingerprint density at radius 1 is 1.32 bits per heavy atom. The zero-order chi connectivity index (χ0) is 13.8. The summed E-state index contributed by atoms with van der Waals surface area (Å²) in [6.45, 7) is 5.67. The fourth-order valence-corrected chi connectivity index (χ4v) is 2.83. The van der Waals surface area contributed by atoms with Crippen LogP contribution in [0.4, 0.5) is 0 Å². The van der Waals surface area contributed by atoms with E-state index in [1.807, 2.05) is 0 Å². The van der Waals surface area contributed by atoms with Crippen LogP contribution in [-0.2, 0) is 13.0 Å². The van der Waals surface area contributed by atoms with Crippen LogP contribution < -0.4 is 4.74 Å². The summed E-state index contributed by atoms with van der Waals surface area (Å²) in [4.78, 5) is 4.90. The van der Waals surface area contributed by atoms with Crippen molar-refractivity contribution in [2.75, 3.05) is 34.3 Å². The monoisotopic (exact) mass is 262 g/mol. The minimum atomic E-state index is 0.711. The molecule has 1 saturated heterocycles. The van der Waals surface area contributed by atoms with E-state index in [4.69, 9.17) is 4.74 Å². The second-order valence-corrected chi connectivity index (χ2v) is 5.63. The number of ether oxygens (including phenoxy) is 1. The number of hydrogen-bond donors (Lipinski definition) is 0. The lowest BCUT2D eigenvalue weighted by molar-refractivity contribution is 0.264.